The summed E-state index contributed by atoms with van der Waals surface area (Å²) in [6, 6.07) is 6.52. The second kappa shape index (κ2) is 6.54. The van der Waals surface area contributed by atoms with Crippen LogP contribution < -0.4 is 4.74 Å². The zero-order chi connectivity index (χ0) is 16.4. The predicted octanol–water partition coefficient (Wildman–Crippen LogP) is 2.42. The van der Waals surface area contributed by atoms with Crippen LogP contribution in [0.3, 0.4) is 0 Å². The highest BCUT2D eigenvalue weighted by Crippen LogP contribution is 2.32. The van der Waals surface area contributed by atoms with Crippen LogP contribution in [0.4, 0.5) is 0 Å². The Labute approximate surface area is 140 Å². The predicted molar refractivity (Wildman–Crippen MR) is 88.4 cm³/mol. The molecule has 0 unspecified atom stereocenters. The van der Waals surface area contributed by atoms with Crippen molar-refractivity contribution in [1.29, 1.82) is 0 Å². The molecule has 2 heterocycles. The lowest BCUT2D eigenvalue weighted by atomic mass is 10.0. The monoisotopic (exact) mass is 353 g/mol. The molecule has 6 nitrogen and oxygen atoms in total. The highest BCUT2D eigenvalue weighted by molar-refractivity contribution is 7.89. The lowest BCUT2D eigenvalue weighted by Crippen LogP contribution is -2.39. The second-order valence-corrected chi connectivity index (χ2v) is 8.69. The Bertz CT molecular complexity index is 772. The van der Waals surface area contributed by atoms with E-state index in [0.29, 0.717) is 23.7 Å². The van der Waals surface area contributed by atoms with E-state index in [1.807, 2.05) is 6.92 Å². The minimum absolute atomic E-state index is 0.128. The smallest absolute Gasteiger partial charge is 0.243 e. The van der Waals surface area contributed by atoms with Gasteiger partial charge in [0.2, 0.25) is 10.0 Å². The van der Waals surface area contributed by atoms with Gasteiger partial charge in [-0.25, -0.2) is 8.42 Å². The molecule has 0 bridgehead atoms. The third-order valence-corrected chi connectivity index (χ3v) is 6.85. The van der Waals surface area contributed by atoms with Gasteiger partial charge in [-0.3, -0.25) is 0 Å². The van der Waals surface area contributed by atoms with Crippen molar-refractivity contribution >= 4 is 21.4 Å². The summed E-state index contributed by atoms with van der Waals surface area (Å²) >= 11 is 1.55. The Kier molecular flexibility index (Phi) is 4.65. The second-order valence-electron chi connectivity index (χ2n) is 5.54. The Hall–Kier alpha value is -1.51. The third kappa shape index (κ3) is 3.39. The molecule has 1 aromatic carbocycles. The fourth-order valence-corrected chi connectivity index (χ4v) is 5.08. The van der Waals surface area contributed by atoms with Gasteiger partial charge < -0.3 is 4.74 Å². The number of hydrogen-bond acceptors (Lipinski definition) is 6. The van der Waals surface area contributed by atoms with E-state index in [0.717, 1.165) is 22.9 Å². The minimum Gasteiger partial charge on any atom is -0.497 e. The first-order chi connectivity index (χ1) is 11.0. The molecule has 0 amide bonds. The zero-order valence-electron chi connectivity index (χ0n) is 13.1. The largest absolute Gasteiger partial charge is 0.497 e. The van der Waals surface area contributed by atoms with Crippen LogP contribution in [0.25, 0.3) is 0 Å². The molecule has 0 aliphatic carbocycles. The number of aromatic nitrogens is 2. The van der Waals surface area contributed by atoms with Gasteiger partial charge >= 0.3 is 0 Å². The van der Waals surface area contributed by atoms with Crippen LogP contribution in [0.5, 0.6) is 5.75 Å². The molecule has 1 aliphatic heterocycles. The fourth-order valence-electron chi connectivity index (χ4n) is 2.74. The molecule has 1 saturated heterocycles. The van der Waals surface area contributed by atoms with E-state index in [2.05, 4.69) is 10.2 Å². The van der Waals surface area contributed by atoms with Crippen molar-refractivity contribution in [1.82, 2.24) is 14.5 Å². The summed E-state index contributed by atoms with van der Waals surface area (Å²) in [7, 11) is -1.93. The van der Waals surface area contributed by atoms with Gasteiger partial charge in [-0.15, -0.1) is 21.5 Å². The lowest BCUT2D eigenvalue weighted by Gasteiger charge is -2.30. The average Bonchev–Trinajstić information content (AvgIpc) is 3.01. The molecule has 3 rings (SSSR count). The van der Waals surface area contributed by atoms with E-state index >= 15 is 0 Å². The minimum atomic E-state index is -3.49. The third-order valence-electron chi connectivity index (χ3n) is 3.97. The van der Waals surface area contributed by atoms with Crippen molar-refractivity contribution in [2.75, 3.05) is 20.2 Å². The molecule has 0 spiro atoms. The van der Waals surface area contributed by atoms with Crippen molar-refractivity contribution < 1.29 is 13.2 Å². The summed E-state index contributed by atoms with van der Waals surface area (Å²) < 4.78 is 32.3. The van der Waals surface area contributed by atoms with Crippen LogP contribution in [0.1, 0.15) is 28.8 Å². The number of ether oxygens (including phenoxy) is 1. The Morgan fingerprint density at radius 1 is 1.26 bits per heavy atom. The Balaban J connectivity index is 1.81. The molecule has 1 fully saturated rings. The normalized spacial score (nSPS) is 19.7. The number of benzene rings is 1. The maximum absolute atomic E-state index is 12.8. The maximum atomic E-state index is 12.8. The van der Waals surface area contributed by atoms with Crippen LogP contribution in [0.15, 0.2) is 29.2 Å². The van der Waals surface area contributed by atoms with Crippen molar-refractivity contribution in [3.05, 3.63) is 34.3 Å². The molecule has 0 radical (unpaired) electrons. The SMILES string of the molecule is COc1ccc(S(=O)(=O)N2CCC[C@H](c3nnc(C)s3)C2)cc1. The summed E-state index contributed by atoms with van der Waals surface area (Å²) in [5, 5.41) is 10.1. The van der Waals surface area contributed by atoms with Crippen molar-refractivity contribution in [3.63, 3.8) is 0 Å². The van der Waals surface area contributed by atoms with Crippen LogP contribution in [-0.4, -0.2) is 43.1 Å². The van der Waals surface area contributed by atoms with Gasteiger partial charge in [-0.05, 0) is 44.0 Å². The lowest BCUT2D eigenvalue weighted by molar-refractivity contribution is 0.314. The van der Waals surface area contributed by atoms with E-state index < -0.39 is 10.0 Å². The Morgan fingerprint density at radius 2 is 2.00 bits per heavy atom. The van der Waals surface area contributed by atoms with E-state index in [-0.39, 0.29) is 5.92 Å². The van der Waals surface area contributed by atoms with Crippen LogP contribution in [0, 0.1) is 6.92 Å². The topological polar surface area (TPSA) is 72.4 Å². The van der Waals surface area contributed by atoms with Crippen molar-refractivity contribution in [2.24, 2.45) is 0 Å². The summed E-state index contributed by atoms with van der Waals surface area (Å²) in [4.78, 5) is 0.299. The van der Waals surface area contributed by atoms with Gasteiger partial charge in [0, 0.05) is 19.0 Å². The molecule has 0 saturated carbocycles. The van der Waals surface area contributed by atoms with E-state index in [4.69, 9.17) is 4.74 Å². The molecule has 1 aromatic heterocycles. The van der Waals surface area contributed by atoms with Gasteiger partial charge in [-0.1, -0.05) is 0 Å². The average molecular weight is 353 g/mol. The molecule has 124 valence electrons. The highest BCUT2D eigenvalue weighted by atomic mass is 32.2. The van der Waals surface area contributed by atoms with Crippen molar-refractivity contribution in [2.45, 2.75) is 30.6 Å². The molecule has 1 aliphatic rings. The molecular weight excluding hydrogens is 334 g/mol. The summed E-state index contributed by atoms with van der Waals surface area (Å²) in [5.74, 6) is 0.771. The van der Waals surface area contributed by atoms with Gasteiger partial charge in [-0.2, -0.15) is 4.31 Å². The molecule has 23 heavy (non-hydrogen) atoms. The highest BCUT2D eigenvalue weighted by Gasteiger charge is 2.32. The summed E-state index contributed by atoms with van der Waals surface area (Å²) in [6.07, 6.45) is 1.78. The van der Waals surface area contributed by atoms with E-state index in [1.54, 1.807) is 47.0 Å². The first-order valence-corrected chi connectivity index (χ1v) is 9.70. The zero-order valence-corrected chi connectivity index (χ0v) is 14.7. The number of aryl methyl sites for hydroxylation is 1. The Morgan fingerprint density at radius 3 is 2.61 bits per heavy atom. The number of methoxy groups -OCH3 is 1. The number of piperidine rings is 1. The van der Waals surface area contributed by atoms with Gasteiger partial charge in [0.1, 0.15) is 15.8 Å². The standard InChI is InChI=1S/C15H19N3O3S2/c1-11-16-17-15(22-11)12-4-3-9-18(10-12)23(19,20)14-7-5-13(21-2)6-8-14/h5-8,12H,3-4,9-10H2,1-2H3/t12-/m0/s1. The first-order valence-electron chi connectivity index (χ1n) is 7.45. The van der Waals surface area contributed by atoms with E-state index in [9.17, 15) is 8.42 Å². The maximum Gasteiger partial charge on any atom is 0.243 e. The number of nitrogens with zero attached hydrogens (tertiary/aromatic N) is 3. The van der Waals surface area contributed by atoms with Gasteiger partial charge in [0.25, 0.3) is 0 Å². The van der Waals surface area contributed by atoms with Crippen LogP contribution >= 0.6 is 11.3 Å². The first kappa shape index (κ1) is 16.4. The van der Waals surface area contributed by atoms with Crippen molar-refractivity contribution in [3.8, 4) is 5.75 Å². The number of hydrogen-bond donors (Lipinski definition) is 0. The molecular formula is C15H19N3O3S2. The molecule has 8 heteroatoms. The summed E-state index contributed by atoms with van der Waals surface area (Å²) in [6.45, 7) is 2.92. The molecule has 0 N–H and O–H groups in total. The molecule has 1 atom stereocenters. The van der Waals surface area contributed by atoms with Crippen LogP contribution in [0.2, 0.25) is 0 Å². The summed E-state index contributed by atoms with van der Waals surface area (Å²) in [5.41, 5.74) is 0. The van der Waals surface area contributed by atoms with E-state index in [1.165, 1.54) is 0 Å². The van der Waals surface area contributed by atoms with Gasteiger partial charge in [0.15, 0.2) is 0 Å². The fraction of sp³-hybridized carbons (Fsp3) is 0.467. The van der Waals surface area contributed by atoms with Gasteiger partial charge in [0.05, 0.1) is 12.0 Å². The number of sulfonamides is 1. The van der Waals surface area contributed by atoms with Crippen LogP contribution in [-0.2, 0) is 10.0 Å². The molecule has 2 aromatic rings. The quantitative estimate of drug-likeness (QED) is 0.844. The number of rotatable bonds is 4.